The number of amides is 1. The fraction of sp³-hybridized carbons (Fsp3) is 0.222. The van der Waals surface area contributed by atoms with E-state index in [1.165, 1.54) is 22.7 Å². The fourth-order valence-corrected chi connectivity index (χ4v) is 3.62. The molecule has 2 heterocycles. The van der Waals surface area contributed by atoms with E-state index in [0.717, 1.165) is 10.1 Å². The van der Waals surface area contributed by atoms with E-state index in [9.17, 15) is 4.79 Å². The second kappa shape index (κ2) is 5.81. The van der Waals surface area contributed by atoms with Gasteiger partial charge in [0.15, 0.2) is 4.34 Å². The summed E-state index contributed by atoms with van der Waals surface area (Å²) >= 11 is 9.97. The highest BCUT2D eigenvalue weighted by molar-refractivity contribution is 8.01. The number of carbonyl (C=O) groups excluding carboxylic acids is 1. The van der Waals surface area contributed by atoms with E-state index < -0.39 is 0 Å². The second-order valence-corrected chi connectivity index (χ2v) is 7.07. The van der Waals surface area contributed by atoms with Crippen LogP contribution in [0.3, 0.4) is 0 Å². The van der Waals surface area contributed by atoms with E-state index in [1.807, 2.05) is 6.92 Å². The zero-order chi connectivity index (χ0) is 12.3. The molecule has 0 fully saturated rings. The van der Waals surface area contributed by atoms with Crippen LogP contribution in [0.5, 0.6) is 0 Å². The SMILES string of the molecule is CCSc1nnc(NC(=O)c2ccc(Cl)s2)s1. The largest absolute Gasteiger partial charge is 0.296 e. The Morgan fingerprint density at radius 2 is 2.29 bits per heavy atom. The summed E-state index contributed by atoms with van der Waals surface area (Å²) in [5.74, 6) is 0.731. The second-order valence-electron chi connectivity index (χ2n) is 2.86. The van der Waals surface area contributed by atoms with Gasteiger partial charge in [-0.2, -0.15) is 0 Å². The van der Waals surface area contributed by atoms with E-state index in [4.69, 9.17) is 11.6 Å². The standard InChI is InChI=1S/C9H8ClN3OS3/c1-2-15-9-13-12-8(17-9)11-7(14)5-3-4-6(10)16-5/h3-4H,2H2,1H3,(H,11,12,14). The van der Waals surface area contributed by atoms with Crippen molar-refractivity contribution in [2.75, 3.05) is 11.1 Å². The lowest BCUT2D eigenvalue weighted by Crippen LogP contribution is -2.09. The Morgan fingerprint density at radius 3 is 2.94 bits per heavy atom. The van der Waals surface area contributed by atoms with Crippen molar-refractivity contribution < 1.29 is 4.79 Å². The number of hydrogen-bond donors (Lipinski definition) is 1. The van der Waals surface area contributed by atoms with Crippen LogP contribution in [0, 0.1) is 0 Å². The van der Waals surface area contributed by atoms with Crippen molar-refractivity contribution in [1.82, 2.24) is 10.2 Å². The molecule has 0 aliphatic heterocycles. The first kappa shape index (κ1) is 12.8. The van der Waals surface area contributed by atoms with Gasteiger partial charge in [0.05, 0.1) is 9.21 Å². The van der Waals surface area contributed by atoms with Gasteiger partial charge in [-0.25, -0.2) is 0 Å². The minimum absolute atomic E-state index is 0.203. The maximum Gasteiger partial charge on any atom is 0.267 e. The third kappa shape index (κ3) is 3.41. The van der Waals surface area contributed by atoms with Crippen LogP contribution in [0.1, 0.15) is 16.6 Å². The predicted molar refractivity (Wildman–Crippen MR) is 73.6 cm³/mol. The third-order valence-corrected chi connectivity index (χ3v) is 4.78. The molecule has 0 spiro atoms. The van der Waals surface area contributed by atoms with Crippen LogP contribution in [-0.2, 0) is 0 Å². The molecule has 0 unspecified atom stereocenters. The first-order valence-electron chi connectivity index (χ1n) is 4.72. The van der Waals surface area contributed by atoms with Crippen LogP contribution in [0.2, 0.25) is 4.34 Å². The zero-order valence-corrected chi connectivity index (χ0v) is 12.0. The molecule has 2 aromatic rings. The molecule has 0 atom stereocenters. The van der Waals surface area contributed by atoms with Gasteiger partial charge in [-0.05, 0) is 17.9 Å². The molecular weight excluding hydrogens is 298 g/mol. The maximum absolute atomic E-state index is 11.8. The summed E-state index contributed by atoms with van der Waals surface area (Å²) in [5.41, 5.74) is 0. The van der Waals surface area contributed by atoms with Crippen molar-refractivity contribution in [1.29, 1.82) is 0 Å². The first-order valence-corrected chi connectivity index (χ1v) is 7.71. The average molecular weight is 306 g/mol. The van der Waals surface area contributed by atoms with Crippen LogP contribution >= 0.6 is 46.0 Å². The van der Waals surface area contributed by atoms with Gasteiger partial charge >= 0.3 is 0 Å². The number of aromatic nitrogens is 2. The molecular formula is C9H8ClN3OS3. The summed E-state index contributed by atoms with van der Waals surface area (Å²) in [5, 5.41) is 11.1. The summed E-state index contributed by atoms with van der Waals surface area (Å²) in [7, 11) is 0. The fourth-order valence-electron chi connectivity index (χ4n) is 1.04. The van der Waals surface area contributed by atoms with Gasteiger partial charge in [-0.1, -0.05) is 41.6 Å². The molecule has 0 aliphatic rings. The van der Waals surface area contributed by atoms with Crippen LogP contribution in [0.4, 0.5) is 5.13 Å². The number of thiophene rings is 1. The summed E-state index contributed by atoms with van der Waals surface area (Å²) in [6.07, 6.45) is 0. The topological polar surface area (TPSA) is 54.9 Å². The maximum atomic E-state index is 11.8. The van der Waals surface area contributed by atoms with Crippen LogP contribution in [0.25, 0.3) is 0 Å². The minimum atomic E-state index is -0.203. The zero-order valence-electron chi connectivity index (χ0n) is 8.77. The Hall–Kier alpha value is -0.630. The third-order valence-electron chi connectivity index (χ3n) is 1.69. The lowest BCUT2D eigenvalue weighted by atomic mass is 10.4. The summed E-state index contributed by atoms with van der Waals surface area (Å²) in [6, 6.07) is 3.38. The Morgan fingerprint density at radius 1 is 1.47 bits per heavy atom. The quantitative estimate of drug-likeness (QED) is 0.692. The molecule has 17 heavy (non-hydrogen) atoms. The van der Waals surface area contributed by atoms with Crippen molar-refractivity contribution in [2.45, 2.75) is 11.3 Å². The number of nitrogens with zero attached hydrogens (tertiary/aromatic N) is 2. The lowest BCUT2D eigenvalue weighted by molar-refractivity contribution is 0.103. The van der Waals surface area contributed by atoms with Gasteiger partial charge in [-0.3, -0.25) is 10.1 Å². The van der Waals surface area contributed by atoms with Crippen LogP contribution < -0.4 is 5.32 Å². The Balaban J connectivity index is 2.02. The molecule has 1 N–H and O–H groups in total. The van der Waals surface area contributed by atoms with Gasteiger partial charge in [0, 0.05) is 0 Å². The molecule has 0 aliphatic carbocycles. The number of nitrogens with one attached hydrogen (secondary N) is 1. The van der Waals surface area contributed by atoms with Crippen molar-refractivity contribution in [2.24, 2.45) is 0 Å². The summed E-state index contributed by atoms with van der Waals surface area (Å²) in [6.45, 7) is 2.04. The molecule has 2 rings (SSSR count). The van der Waals surface area contributed by atoms with Gasteiger partial charge < -0.3 is 0 Å². The summed E-state index contributed by atoms with van der Waals surface area (Å²) in [4.78, 5) is 12.3. The number of carbonyl (C=O) groups is 1. The molecule has 0 saturated carbocycles. The van der Waals surface area contributed by atoms with Gasteiger partial charge in [0.1, 0.15) is 0 Å². The van der Waals surface area contributed by atoms with E-state index in [-0.39, 0.29) is 5.91 Å². The van der Waals surface area contributed by atoms with Gasteiger partial charge in [0.25, 0.3) is 5.91 Å². The normalized spacial score (nSPS) is 10.5. The van der Waals surface area contributed by atoms with Crippen molar-refractivity contribution >= 4 is 57.1 Å². The monoisotopic (exact) mass is 305 g/mol. The van der Waals surface area contributed by atoms with Crippen LogP contribution in [-0.4, -0.2) is 21.9 Å². The van der Waals surface area contributed by atoms with E-state index in [1.54, 1.807) is 23.9 Å². The van der Waals surface area contributed by atoms with Crippen molar-refractivity contribution in [3.63, 3.8) is 0 Å². The van der Waals surface area contributed by atoms with Gasteiger partial charge in [0.2, 0.25) is 5.13 Å². The van der Waals surface area contributed by atoms with Crippen LogP contribution in [0.15, 0.2) is 16.5 Å². The average Bonchev–Trinajstić information content (AvgIpc) is 2.88. The predicted octanol–water partition coefficient (Wildman–Crippen LogP) is 3.62. The number of anilines is 1. The smallest absolute Gasteiger partial charge is 0.267 e. The highest BCUT2D eigenvalue weighted by Crippen LogP contribution is 2.26. The molecule has 0 saturated heterocycles. The molecule has 4 nitrogen and oxygen atoms in total. The number of thioether (sulfide) groups is 1. The Labute approximate surface area is 115 Å². The van der Waals surface area contributed by atoms with E-state index in [0.29, 0.717) is 14.3 Å². The Bertz CT molecular complexity index is 525. The lowest BCUT2D eigenvalue weighted by Gasteiger charge is -1.96. The summed E-state index contributed by atoms with van der Waals surface area (Å²) < 4.78 is 1.45. The van der Waals surface area contributed by atoms with Crippen molar-refractivity contribution in [3.05, 3.63) is 21.3 Å². The highest BCUT2D eigenvalue weighted by atomic mass is 35.5. The molecule has 0 radical (unpaired) electrons. The molecule has 0 aromatic carbocycles. The molecule has 2 aromatic heterocycles. The van der Waals surface area contributed by atoms with Crippen molar-refractivity contribution in [3.8, 4) is 0 Å². The highest BCUT2D eigenvalue weighted by Gasteiger charge is 2.12. The van der Waals surface area contributed by atoms with E-state index in [2.05, 4.69) is 15.5 Å². The minimum Gasteiger partial charge on any atom is -0.296 e. The number of halogens is 1. The number of hydrogen-bond acceptors (Lipinski definition) is 6. The Kier molecular flexibility index (Phi) is 4.38. The molecule has 1 amide bonds. The molecule has 0 bridgehead atoms. The molecule has 90 valence electrons. The number of rotatable bonds is 4. The van der Waals surface area contributed by atoms with E-state index >= 15 is 0 Å². The molecule has 8 heteroatoms. The van der Waals surface area contributed by atoms with Gasteiger partial charge in [-0.15, -0.1) is 21.5 Å². The first-order chi connectivity index (χ1) is 8.19.